The van der Waals surface area contributed by atoms with Crippen LogP contribution < -0.4 is 0 Å². The number of rotatable bonds is 2. The van der Waals surface area contributed by atoms with E-state index in [2.05, 4.69) is 11.1 Å². The number of hydrogen-bond donors (Lipinski definition) is 1. The minimum absolute atomic E-state index is 0. The van der Waals surface area contributed by atoms with Crippen molar-refractivity contribution in [2.75, 3.05) is 0 Å². The van der Waals surface area contributed by atoms with Crippen LogP contribution in [0, 0.1) is 24.6 Å². The van der Waals surface area contributed by atoms with Crippen LogP contribution in [-0.4, -0.2) is 15.9 Å². The minimum atomic E-state index is -0.603. The van der Waals surface area contributed by atoms with Gasteiger partial charge in [0, 0.05) is 44.0 Å². The summed E-state index contributed by atoms with van der Waals surface area (Å²) in [6.07, 6.45) is 2.72. The van der Waals surface area contributed by atoms with E-state index in [1.165, 1.54) is 26.8 Å². The van der Waals surface area contributed by atoms with Crippen LogP contribution in [0.4, 0.5) is 8.78 Å². The number of halogens is 2. The van der Waals surface area contributed by atoms with Crippen LogP contribution in [0.2, 0.25) is 0 Å². The van der Waals surface area contributed by atoms with E-state index < -0.39 is 11.6 Å². The maximum absolute atomic E-state index is 13.6. The molecule has 0 aliphatic heterocycles. The zero-order valence-corrected chi connectivity index (χ0v) is 15.3. The van der Waals surface area contributed by atoms with Crippen LogP contribution in [-0.2, 0) is 24.9 Å². The maximum Gasteiger partial charge on any atom is 0.155 e. The summed E-state index contributed by atoms with van der Waals surface area (Å²) in [5.41, 5.74) is 0.655. The second kappa shape index (κ2) is 9.98. The SMILES string of the molecule is CC(=O)/C=C(/C)O.Cc1c(F)c[c-]c(-c2ccccn2)c1F.[Ir]. The van der Waals surface area contributed by atoms with E-state index in [1.54, 1.807) is 24.4 Å². The van der Waals surface area contributed by atoms with E-state index in [-0.39, 0.29) is 42.8 Å². The van der Waals surface area contributed by atoms with Gasteiger partial charge in [-0.3, -0.25) is 13.6 Å². The Morgan fingerprint density at radius 2 is 1.96 bits per heavy atom. The molecular weight excluding hydrogens is 480 g/mol. The van der Waals surface area contributed by atoms with Gasteiger partial charge in [0.1, 0.15) is 0 Å². The molecule has 125 valence electrons. The van der Waals surface area contributed by atoms with Gasteiger partial charge in [0.05, 0.1) is 5.76 Å². The van der Waals surface area contributed by atoms with Crippen molar-refractivity contribution in [1.82, 2.24) is 4.98 Å². The fraction of sp³-hybridized carbons (Fsp3) is 0.176. The molecule has 6 heteroatoms. The molecule has 2 aromatic rings. The van der Waals surface area contributed by atoms with E-state index in [9.17, 15) is 13.6 Å². The number of benzene rings is 1. The van der Waals surface area contributed by atoms with Crippen LogP contribution in [0.3, 0.4) is 0 Å². The first kappa shape index (κ1) is 21.1. The molecule has 3 nitrogen and oxygen atoms in total. The molecule has 23 heavy (non-hydrogen) atoms. The largest absolute Gasteiger partial charge is 0.512 e. The molecule has 0 fully saturated rings. The molecule has 0 amide bonds. The Balaban J connectivity index is 0.000000522. The maximum atomic E-state index is 13.6. The molecule has 0 saturated heterocycles. The van der Waals surface area contributed by atoms with Gasteiger partial charge < -0.3 is 10.1 Å². The van der Waals surface area contributed by atoms with Crippen molar-refractivity contribution >= 4 is 5.78 Å². The fourth-order valence-corrected chi connectivity index (χ4v) is 1.59. The third-order valence-electron chi connectivity index (χ3n) is 2.58. The summed E-state index contributed by atoms with van der Waals surface area (Å²) < 4.78 is 26.6. The number of hydrogen-bond acceptors (Lipinski definition) is 3. The molecule has 1 heterocycles. The average molecular weight is 497 g/mol. The van der Waals surface area contributed by atoms with Gasteiger partial charge in [0.25, 0.3) is 0 Å². The smallest absolute Gasteiger partial charge is 0.155 e. The van der Waals surface area contributed by atoms with Gasteiger partial charge in [0.2, 0.25) is 0 Å². The molecular formula is C17H16F2IrNO2-. The van der Waals surface area contributed by atoms with E-state index in [4.69, 9.17) is 5.11 Å². The quantitative estimate of drug-likeness (QED) is 0.386. The average Bonchev–Trinajstić information content (AvgIpc) is 2.45. The standard InChI is InChI=1S/C12H8F2N.C5H8O2.Ir/c1-8-10(13)6-5-9(12(8)14)11-4-2-3-7-15-11;1-4(6)3-5(2)7;/h2-4,6-7H,1H3;3,6H,1-2H3;/q-1;;/b;4-3-;. The van der Waals surface area contributed by atoms with Crippen molar-refractivity contribution in [2.24, 2.45) is 0 Å². The van der Waals surface area contributed by atoms with Gasteiger partial charge >= 0.3 is 0 Å². The number of pyridine rings is 1. The van der Waals surface area contributed by atoms with Gasteiger partial charge in [-0.05, 0) is 25.6 Å². The molecule has 0 spiro atoms. The first-order valence-corrected chi connectivity index (χ1v) is 6.48. The van der Waals surface area contributed by atoms with Crippen LogP contribution in [0.1, 0.15) is 19.4 Å². The summed E-state index contributed by atoms with van der Waals surface area (Å²) in [6.45, 7) is 4.24. The second-order valence-electron chi connectivity index (χ2n) is 4.56. The van der Waals surface area contributed by atoms with Gasteiger partial charge in [-0.25, -0.2) is 0 Å². The zero-order valence-electron chi connectivity index (χ0n) is 12.9. The topological polar surface area (TPSA) is 50.2 Å². The molecule has 1 aromatic heterocycles. The van der Waals surface area contributed by atoms with E-state index in [1.807, 2.05) is 0 Å². The number of aliphatic hydroxyl groups is 1. The number of ketones is 1. The van der Waals surface area contributed by atoms with E-state index in [0.717, 1.165) is 6.07 Å². The number of carbonyl (C=O) groups is 1. The number of aliphatic hydroxyl groups excluding tert-OH is 1. The van der Waals surface area contributed by atoms with E-state index >= 15 is 0 Å². The molecule has 0 atom stereocenters. The molecule has 0 bridgehead atoms. The monoisotopic (exact) mass is 497 g/mol. The van der Waals surface area contributed by atoms with Gasteiger partial charge in [-0.15, -0.1) is 12.1 Å². The normalized spacial score (nSPS) is 10.2. The summed E-state index contributed by atoms with van der Waals surface area (Å²) in [6, 6.07) is 8.81. The summed E-state index contributed by atoms with van der Waals surface area (Å²) in [7, 11) is 0. The number of nitrogens with zero attached hydrogens (tertiary/aromatic N) is 1. The molecule has 0 unspecified atom stereocenters. The number of aromatic nitrogens is 1. The summed E-state index contributed by atoms with van der Waals surface area (Å²) in [5.74, 6) is -1.26. The summed E-state index contributed by atoms with van der Waals surface area (Å²) in [4.78, 5) is 14.0. The molecule has 1 N–H and O–H groups in total. The van der Waals surface area contributed by atoms with Crippen molar-refractivity contribution < 1.29 is 38.8 Å². The third-order valence-corrected chi connectivity index (χ3v) is 2.58. The minimum Gasteiger partial charge on any atom is -0.512 e. The molecule has 1 aromatic carbocycles. The molecule has 1 radical (unpaired) electrons. The zero-order chi connectivity index (χ0) is 16.7. The fourth-order valence-electron chi connectivity index (χ4n) is 1.59. The van der Waals surface area contributed by atoms with Crippen molar-refractivity contribution in [1.29, 1.82) is 0 Å². The third kappa shape index (κ3) is 6.80. The van der Waals surface area contributed by atoms with Crippen LogP contribution in [0.25, 0.3) is 11.3 Å². The Morgan fingerprint density at radius 1 is 1.30 bits per heavy atom. The molecule has 2 rings (SSSR count). The Kier molecular flexibility index (Phi) is 9.15. The summed E-state index contributed by atoms with van der Waals surface area (Å²) in [5, 5.41) is 8.36. The first-order chi connectivity index (χ1) is 10.3. The van der Waals surface area contributed by atoms with Crippen molar-refractivity contribution in [3.8, 4) is 11.3 Å². The predicted molar refractivity (Wildman–Crippen MR) is 80.2 cm³/mol. The Morgan fingerprint density at radius 3 is 2.39 bits per heavy atom. The summed E-state index contributed by atoms with van der Waals surface area (Å²) >= 11 is 0. The number of carbonyl (C=O) groups excluding carboxylic acids is 1. The van der Waals surface area contributed by atoms with Crippen LogP contribution in [0.5, 0.6) is 0 Å². The van der Waals surface area contributed by atoms with Gasteiger partial charge in [0.15, 0.2) is 5.78 Å². The Bertz CT molecular complexity index is 684. The van der Waals surface area contributed by atoms with Crippen LogP contribution >= 0.6 is 0 Å². The van der Waals surface area contributed by atoms with Gasteiger partial charge in [-0.2, -0.15) is 0 Å². The van der Waals surface area contributed by atoms with E-state index in [0.29, 0.717) is 5.69 Å². The van der Waals surface area contributed by atoms with Crippen LogP contribution in [0.15, 0.2) is 42.3 Å². The molecule has 0 aliphatic rings. The van der Waals surface area contributed by atoms with Crippen molar-refractivity contribution in [2.45, 2.75) is 20.8 Å². The predicted octanol–water partition coefficient (Wildman–Crippen LogP) is 4.17. The molecule has 0 aliphatic carbocycles. The van der Waals surface area contributed by atoms with Crippen molar-refractivity contribution in [3.05, 3.63) is 65.6 Å². The first-order valence-electron chi connectivity index (χ1n) is 6.48. The van der Waals surface area contributed by atoms with Crippen molar-refractivity contribution in [3.63, 3.8) is 0 Å². The van der Waals surface area contributed by atoms with Gasteiger partial charge in [-0.1, -0.05) is 30.2 Å². The Hall–Kier alpha value is -1.91. The Labute approximate surface area is 147 Å². The molecule has 0 saturated carbocycles. The second-order valence-corrected chi connectivity index (χ2v) is 4.56. The number of allylic oxidation sites excluding steroid dienone is 2.